The van der Waals surface area contributed by atoms with Gasteiger partial charge in [-0.15, -0.1) is 11.3 Å². The van der Waals surface area contributed by atoms with Crippen molar-refractivity contribution in [3.63, 3.8) is 0 Å². The van der Waals surface area contributed by atoms with Gasteiger partial charge >= 0.3 is 0 Å². The van der Waals surface area contributed by atoms with E-state index in [2.05, 4.69) is 15.9 Å². The molecule has 0 saturated heterocycles. The third-order valence-electron chi connectivity index (χ3n) is 3.02. The van der Waals surface area contributed by atoms with Gasteiger partial charge in [-0.2, -0.15) is 0 Å². The van der Waals surface area contributed by atoms with Gasteiger partial charge in [0.25, 0.3) is 0 Å². The van der Waals surface area contributed by atoms with Crippen molar-refractivity contribution in [2.75, 3.05) is 13.6 Å². The molecule has 0 fully saturated rings. The molecule has 1 aromatic heterocycles. The standard InChI is InChI=1S/C15H14BrF2NOS/c1-19(8-11-7-10(16)9-21-11)6-5-14(20)12-3-2-4-13(17)15(12)18/h2-4,7,9H,5-6,8H2,1H3. The summed E-state index contributed by atoms with van der Waals surface area (Å²) in [7, 11) is 1.89. The van der Waals surface area contributed by atoms with E-state index in [1.165, 1.54) is 17.0 Å². The van der Waals surface area contributed by atoms with Gasteiger partial charge in [0.1, 0.15) is 0 Å². The van der Waals surface area contributed by atoms with Gasteiger partial charge in [-0.3, -0.25) is 4.79 Å². The van der Waals surface area contributed by atoms with E-state index in [1.54, 1.807) is 11.3 Å². The highest BCUT2D eigenvalue weighted by Gasteiger charge is 2.15. The van der Waals surface area contributed by atoms with Crippen LogP contribution in [0.25, 0.3) is 0 Å². The number of benzene rings is 1. The fraction of sp³-hybridized carbons (Fsp3) is 0.267. The zero-order chi connectivity index (χ0) is 15.4. The Hall–Kier alpha value is -1.11. The molecule has 0 radical (unpaired) electrons. The summed E-state index contributed by atoms with van der Waals surface area (Å²) in [5, 5.41) is 2.00. The lowest BCUT2D eigenvalue weighted by Gasteiger charge is -2.15. The predicted molar refractivity (Wildman–Crippen MR) is 83.7 cm³/mol. The van der Waals surface area contributed by atoms with Crippen molar-refractivity contribution in [2.45, 2.75) is 13.0 Å². The van der Waals surface area contributed by atoms with Gasteiger partial charge in [0.15, 0.2) is 17.4 Å². The lowest BCUT2D eigenvalue weighted by atomic mass is 10.1. The summed E-state index contributed by atoms with van der Waals surface area (Å²) >= 11 is 5.02. The smallest absolute Gasteiger partial charge is 0.169 e. The van der Waals surface area contributed by atoms with E-state index >= 15 is 0 Å². The Balaban J connectivity index is 1.90. The van der Waals surface area contributed by atoms with E-state index in [9.17, 15) is 13.6 Å². The molecule has 21 heavy (non-hydrogen) atoms. The molecule has 0 atom stereocenters. The van der Waals surface area contributed by atoms with Gasteiger partial charge in [0, 0.05) is 34.2 Å². The molecule has 0 saturated carbocycles. The molecule has 0 spiro atoms. The first-order chi connectivity index (χ1) is 9.97. The van der Waals surface area contributed by atoms with E-state index in [0.717, 1.165) is 17.1 Å². The molecule has 0 unspecified atom stereocenters. The first-order valence-electron chi connectivity index (χ1n) is 6.36. The van der Waals surface area contributed by atoms with Gasteiger partial charge in [0.05, 0.1) is 5.56 Å². The van der Waals surface area contributed by atoms with Crippen LogP contribution in [0.5, 0.6) is 0 Å². The number of Topliss-reactive ketones (excluding diaryl/α,β-unsaturated/α-hetero) is 1. The molecule has 1 aromatic carbocycles. The van der Waals surface area contributed by atoms with Crippen LogP contribution in [0.3, 0.4) is 0 Å². The highest BCUT2D eigenvalue weighted by atomic mass is 79.9. The average molecular weight is 374 g/mol. The molecule has 0 aliphatic carbocycles. The summed E-state index contributed by atoms with van der Waals surface area (Å²) < 4.78 is 27.6. The van der Waals surface area contributed by atoms with Crippen molar-refractivity contribution in [1.29, 1.82) is 0 Å². The van der Waals surface area contributed by atoms with Crippen LogP contribution in [0.2, 0.25) is 0 Å². The molecular formula is C15H14BrF2NOS. The highest BCUT2D eigenvalue weighted by molar-refractivity contribution is 9.10. The topological polar surface area (TPSA) is 20.3 Å². The Morgan fingerprint density at radius 3 is 2.81 bits per heavy atom. The zero-order valence-electron chi connectivity index (χ0n) is 11.4. The number of rotatable bonds is 6. The van der Waals surface area contributed by atoms with Crippen molar-refractivity contribution < 1.29 is 13.6 Å². The molecule has 2 aromatic rings. The number of carbonyl (C=O) groups is 1. The van der Waals surface area contributed by atoms with Crippen LogP contribution in [0, 0.1) is 11.6 Å². The Morgan fingerprint density at radius 2 is 2.14 bits per heavy atom. The fourth-order valence-electron chi connectivity index (χ4n) is 1.93. The largest absolute Gasteiger partial charge is 0.301 e. The normalized spacial score (nSPS) is 11.1. The van der Waals surface area contributed by atoms with Crippen LogP contribution < -0.4 is 0 Å². The van der Waals surface area contributed by atoms with Gasteiger partial charge in [0.2, 0.25) is 0 Å². The third kappa shape index (κ3) is 4.43. The maximum absolute atomic E-state index is 13.5. The molecular weight excluding hydrogens is 360 g/mol. The lowest BCUT2D eigenvalue weighted by molar-refractivity contribution is 0.0963. The van der Waals surface area contributed by atoms with E-state index in [4.69, 9.17) is 0 Å². The first kappa shape index (κ1) is 16.3. The summed E-state index contributed by atoms with van der Waals surface area (Å²) in [6.45, 7) is 1.21. The van der Waals surface area contributed by atoms with Crippen LogP contribution in [-0.2, 0) is 6.54 Å². The Labute approximate surface area is 134 Å². The SMILES string of the molecule is CN(CCC(=O)c1cccc(F)c1F)Cc1cc(Br)cs1. The maximum Gasteiger partial charge on any atom is 0.169 e. The molecule has 2 nitrogen and oxygen atoms in total. The zero-order valence-corrected chi connectivity index (χ0v) is 13.8. The molecule has 0 N–H and O–H groups in total. The minimum Gasteiger partial charge on any atom is -0.301 e. The molecule has 112 valence electrons. The van der Waals surface area contributed by atoms with Gasteiger partial charge in [-0.1, -0.05) is 6.07 Å². The van der Waals surface area contributed by atoms with Crippen LogP contribution in [0.15, 0.2) is 34.1 Å². The maximum atomic E-state index is 13.5. The first-order valence-corrected chi connectivity index (χ1v) is 8.03. The number of ketones is 1. The quantitative estimate of drug-likeness (QED) is 0.695. The minimum absolute atomic E-state index is 0.156. The molecule has 2 rings (SSSR count). The van der Waals surface area contributed by atoms with Crippen molar-refractivity contribution in [1.82, 2.24) is 4.90 Å². The Bertz CT molecular complexity index is 644. The van der Waals surface area contributed by atoms with Crippen molar-refractivity contribution >= 4 is 33.0 Å². The number of hydrogen-bond donors (Lipinski definition) is 0. The number of nitrogens with zero attached hydrogens (tertiary/aromatic N) is 1. The summed E-state index contributed by atoms with van der Waals surface area (Å²) in [6, 6.07) is 5.69. The van der Waals surface area contributed by atoms with Crippen LogP contribution in [-0.4, -0.2) is 24.3 Å². The van der Waals surface area contributed by atoms with Gasteiger partial charge in [-0.05, 0) is 41.2 Å². The van der Waals surface area contributed by atoms with E-state index in [0.29, 0.717) is 6.54 Å². The van der Waals surface area contributed by atoms with Crippen molar-refractivity contribution in [3.8, 4) is 0 Å². The summed E-state index contributed by atoms with van der Waals surface area (Å²) in [4.78, 5) is 15.1. The second-order valence-corrected chi connectivity index (χ2v) is 6.66. The Morgan fingerprint density at radius 1 is 1.38 bits per heavy atom. The molecule has 1 heterocycles. The number of thiophene rings is 1. The third-order valence-corrected chi connectivity index (χ3v) is 4.70. The second kappa shape index (κ2) is 7.24. The van der Waals surface area contributed by atoms with Gasteiger partial charge in [-0.25, -0.2) is 8.78 Å². The fourth-order valence-corrected chi connectivity index (χ4v) is 3.46. The van der Waals surface area contributed by atoms with Crippen molar-refractivity contribution in [3.05, 3.63) is 56.2 Å². The average Bonchev–Trinajstić information content (AvgIpc) is 2.84. The number of carbonyl (C=O) groups excluding carboxylic acids is 1. The minimum atomic E-state index is -1.06. The number of halogens is 3. The monoisotopic (exact) mass is 373 g/mol. The molecule has 0 aliphatic heterocycles. The van der Waals surface area contributed by atoms with Crippen molar-refractivity contribution in [2.24, 2.45) is 0 Å². The summed E-state index contributed by atoms with van der Waals surface area (Å²) in [5.41, 5.74) is -0.178. The van der Waals surface area contributed by atoms with Gasteiger partial charge < -0.3 is 4.90 Å². The predicted octanol–water partition coefficient (Wildman–Crippen LogP) is 4.49. The summed E-state index contributed by atoms with van der Waals surface area (Å²) in [5.74, 6) is -2.43. The number of hydrogen-bond acceptors (Lipinski definition) is 3. The van der Waals surface area contributed by atoms with Crippen LogP contribution in [0.1, 0.15) is 21.7 Å². The Kier molecular flexibility index (Phi) is 5.61. The molecule has 0 amide bonds. The molecule has 6 heteroatoms. The van der Waals surface area contributed by atoms with E-state index < -0.39 is 11.6 Å². The van der Waals surface area contributed by atoms with Crippen LogP contribution in [0.4, 0.5) is 8.78 Å². The van der Waals surface area contributed by atoms with E-state index in [1.807, 2.05) is 23.4 Å². The second-order valence-electron chi connectivity index (χ2n) is 4.74. The molecule has 0 bridgehead atoms. The van der Waals surface area contributed by atoms with Crippen LogP contribution >= 0.6 is 27.3 Å². The summed E-state index contributed by atoms with van der Waals surface area (Å²) in [6.07, 6.45) is 0.156. The highest BCUT2D eigenvalue weighted by Crippen LogP contribution is 2.21. The van der Waals surface area contributed by atoms with E-state index in [-0.39, 0.29) is 17.8 Å². The lowest BCUT2D eigenvalue weighted by Crippen LogP contribution is -2.21. The molecule has 0 aliphatic rings.